The van der Waals surface area contributed by atoms with Crippen molar-refractivity contribution in [1.29, 1.82) is 0 Å². The fraction of sp³-hybridized carbons (Fsp3) is 0.250. The van der Waals surface area contributed by atoms with Crippen LogP contribution in [-0.4, -0.2) is 10.3 Å². The Balaban J connectivity index is 3.05. The van der Waals surface area contributed by atoms with E-state index in [0.29, 0.717) is 11.6 Å². The minimum absolute atomic E-state index is 0.0656. The molecule has 0 radical (unpaired) electrons. The predicted octanol–water partition coefficient (Wildman–Crippen LogP) is 1.83. The lowest BCUT2D eigenvalue weighted by atomic mass is 10.1. The van der Waals surface area contributed by atoms with Gasteiger partial charge in [0.05, 0.1) is 5.02 Å². The molecule has 4 heteroatoms. The van der Waals surface area contributed by atoms with Crippen molar-refractivity contribution in [3.63, 3.8) is 0 Å². The molecule has 1 aromatic carbocycles. The van der Waals surface area contributed by atoms with E-state index >= 15 is 0 Å². The Morgan fingerprint density at radius 1 is 1.50 bits per heavy atom. The van der Waals surface area contributed by atoms with Crippen molar-refractivity contribution >= 4 is 11.6 Å². The van der Waals surface area contributed by atoms with E-state index in [1.165, 1.54) is 0 Å². The van der Waals surface area contributed by atoms with Gasteiger partial charge in [-0.2, -0.15) is 0 Å². The predicted molar refractivity (Wildman–Crippen MR) is 46.5 cm³/mol. The molecule has 0 amide bonds. The summed E-state index contributed by atoms with van der Waals surface area (Å²) >= 11 is 5.66. The summed E-state index contributed by atoms with van der Waals surface area (Å²) in [4.78, 5) is 0. The first-order valence-corrected chi connectivity index (χ1v) is 3.88. The van der Waals surface area contributed by atoms with Gasteiger partial charge in [0.1, 0.15) is 5.75 Å². The number of benzene rings is 1. The number of phenols is 1. The molecule has 3 nitrogen and oxygen atoms in total. The van der Waals surface area contributed by atoms with Gasteiger partial charge in [0.25, 0.3) is 0 Å². The summed E-state index contributed by atoms with van der Waals surface area (Å²) in [5.41, 5.74) is 3.78. The van der Waals surface area contributed by atoms with E-state index in [9.17, 15) is 5.11 Å². The van der Waals surface area contributed by atoms with Gasteiger partial charge in [-0.3, -0.25) is 0 Å². The minimum Gasteiger partial charge on any atom is -0.506 e. The first kappa shape index (κ1) is 9.32. The maximum atomic E-state index is 9.18. The fourth-order valence-electron chi connectivity index (χ4n) is 0.983. The highest BCUT2D eigenvalue weighted by atomic mass is 35.5. The first-order chi connectivity index (χ1) is 5.65. The molecule has 0 saturated carbocycles. The van der Waals surface area contributed by atoms with Crippen LogP contribution in [0.5, 0.6) is 5.75 Å². The summed E-state index contributed by atoms with van der Waals surface area (Å²) in [6.07, 6.45) is 0. The third-order valence-electron chi connectivity index (χ3n) is 1.67. The van der Waals surface area contributed by atoms with Crippen molar-refractivity contribution in [2.45, 2.75) is 13.5 Å². The van der Waals surface area contributed by atoms with E-state index in [1.54, 1.807) is 12.1 Å². The zero-order valence-corrected chi connectivity index (χ0v) is 7.39. The summed E-state index contributed by atoms with van der Waals surface area (Å²) in [7, 11) is 0. The second-order valence-corrected chi connectivity index (χ2v) is 2.97. The molecule has 0 aromatic heterocycles. The van der Waals surface area contributed by atoms with E-state index in [4.69, 9.17) is 16.8 Å². The minimum atomic E-state index is 0.0656. The molecule has 0 saturated heterocycles. The summed E-state index contributed by atoms with van der Waals surface area (Å²) in [5.74, 6) is 0.0656. The molecule has 0 spiro atoms. The summed E-state index contributed by atoms with van der Waals surface area (Å²) in [6.45, 7) is 2.16. The van der Waals surface area contributed by atoms with Crippen LogP contribution in [0, 0.1) is 6.92 Å². The van der Waals surface area contributed by atoms with Crippen LogP contribution in [0.25, 0.3) is 0 Å². The normalized spacial score (nSPS) is 10.2. The number of hydroxylamine groups is 1. The topological polar surface area (TPSA) is 52.5 Å². The Hall–Kier alpha value is -0.770. The van der Waals surface area contributed by atoms with Gasteiger partial charge < -0.3 is 10.3 Å². The van der Waals surface area contributed by atoms with Crippen LogP contribution in [0.2, 0.25) is 5.02 Å². The lowest BCUT2D eigenvalue weighted by Gasteiger charge is -2.06. The SMILES string of the molecule is Cc1cc(O)c(Cl)cc1CNO. The average molecular weight is 188 g/mol. The maximum absolute atomic E-state index is 9.18. The van der Waals surface area contributed by atoms with Gasteiger partial charge in [0.2, 0.25) is 0 Å². The van der Waals surface area contributed by atoms with Crippen molar-refractivity contribution in [3.8, 4) is 5.75 Å². The van der Waals surface area contributed by atoms with E-state index in [-0.39, 0.29) is 5.75 Å². The highest BCUT2D eigenvalue weighted by molar-refractivity contribution is 6.32. The van der Waals surface area contributed by atoms with Crippen LogP contribution in [0.3, 0.4) is 0 Å². The number of aromatic hydroxyl groups is 1. The lowest BCUT2D eigenvalue weighted by Crippen LogP contribution is -2.07. The highest BCUT2D eigenvalue weighted by Crippen LogP contribution is 2.26. The molecule has 66 valence electrons. The summed E-state index contributed by atoms with van der Waals surface area (Å²) in [5, 5.41) is 17.9. The van der Waals surface area contributed by atoms with Crippen molar-refractivity contribution in [2.24, 2.45) is 0 Å². The molecule has 0 unspecified atom stereocenters. The molecular weight excluding hydrogens is 178 g/mol. The average Bonchev–Trinajstić information content (AvgIpc) is 2.01. The molecule has 0 fully saturated rings. The van der Waals surface area contributed by atoms with Gasteiger partial charge in [-0.05, 0) is 30.2 Å². The largest absolute Gasteiger partial charge is 0.506 e. The zero-order chi connectivity index (χ0) is 9.14. The second-order valence-electron chi connectivity index (χ2n) is 2.56. The van der Waals surface area contributed by atoms with E-state index in [0.717, 1.165) is 11.1 Å². The van der Waals surface area contributed by atoms with Crippen molar-refractivity contribution in [2.75, 3.05) is 0 Å². The fourth-order valence-corrected chi connectivity index (χ4v) is 1.17. The summed E-state index contributed by atoms with van der Waals surface area (Å²) < 4.78 is 0. The van der Waals surface area contributed by atoms with Crippen LogP contribution in [-0.2, 0) is 6.54 Å². The Bertz CT molecular complexity index is 289. The van der Waals surface area contributed by atoms with E-state index < -0.39 is 0 Å². The van der Waals surface area contributed by atoms with Crippen molar-refractivity contribution in [1.82, 2.24) is 5.48 Å². The molecule has 0 aliphatic heterocycles. The van der Waals surface area contributed by atoms with E-state index in [1.807, 2.05) is 12.4 Å². The number of hydrogen-bond acceptors (Lipinski definition) is 3. The first-order valence-electron chi connectivity index (χ1n) is 3.50. The number of phenolic OH excluding ortho intramolecular Hbond substituents is 1. The number of halogens is 1. The standard InChI is InChI=1S/C8H10ClNO2/c1-5-2-8(11)7(9)3-6(5)4-10-12/h2-3,10-12H,4H2,1H3. The van der Waals surface area contributed by atoms with Crippen LogP contribution < -0.4 is 5.48 Å². The Labute approximate surface area is 75.6 Å². The second kappa shape index (κ2) is 3.76. The monoisotopic (exact) mass is 187 g/mol. The molecule has 1 rings (SSSR count). The zero-order valence-electron chi connectivity index (χ0n) is 6.63. The van der Waals surface area contributed by atoms with Gasteiger partial charge in [0.15, 0.2) is 0 Å². The van der Waals surface area contributed by atoms with Gasteiger partial charge in [0, 0.05) is 6.54 Å². The van der Waals surface area contributed by atoms with Crippen LogP contribution >= 0.6 is 11.6 Å². The van der Waals surface area contributed by atoms with Gasteiger partial charge in [-0.15, -0.1) is 0 Å². The number of aryl methyl sites for hydroxylation is 1. The van der Waals surface area contributed by atoms with Gasteiger partial charge in [-0.25, -0.2) is 5.48 Å². The number of hydrogen-bond donors (Lipinski definition) is 3. The van der Waals surface area contributed by atoms with E-state index in [2.05, 4.69) is 0 Å². The molecule has 0 heterocycles. The molecule has 1 aromatic rings. The van der Waals surface area contributed by atoms with Crippen LogP contribution in [0.15, 0.2) is 12.1 Å². The molecule has 3 N–H and O–H groups in total. The van der Waals surface area contributed by atoms with Gasteiger partial charge in [-0.1, -0.05) is 11.6 Å². The van der Waals surface area contributed by atoms with Crippen molar-refractivity contribution < 1.29 is 10.3 Å². The summed E-state index contributed by atoms with van der Waals surface area (Å²) in [6, 6.07) is 3.18. The smallest absolute Gasteiger partial charge is 0.134 e. The molecule has 0 atom stereocenters. The van der Waals surface area contributed by atoms with Gasteiger partial charge >= 0.3 is 0 Å². The third-order valence-corrected chi connectivity index (χ3v) is 1.98. The molecule has 0 bridgehead atoms. The highest BCUT2D eigenvalue weighted by Gasteiger charge is 2.03. The molecular formula is C8H10ClNO2. The van der Waals surface area contributed by atoms with Crippen LogP contribution in [0.4, 0.5) is 0 Å². The van der Waals surface area contributed by atoms with Crippen molar-refractivity contribution in [3.05, 3.63) is 28.3 Å². The number of rotatable bonds is 2. The Morgan fingerprint density at radius 3 is 2.75 bits per heavy atom. The third kappa shape index (κ3) is 1.88. The Morgan fingerprint density at radius 2 is 2.17 bits per heavy atom. The molecule has 0 aliphatic carbocycles. The Kier molecular flexibility index (Phi) is 2.92. The molecule has 12 heavy (non-hydrogen) atoms. The quantitative estimate of drug-likeness (QED) is 0.620. The lowest BCUT2D eigenvalue weighted by molar-refractivity contribution is 0.161. The molecule has 0 aliphatic rings. The number of nitrogens with one attached hydrogen (secondary N) is 1. The maximum Gasteiger partial charge on any atom is 0.134 e. The van der Waals surface area contributed by atoms with Crippen LogP contribution in [0.1, 0.15) is 11.1 Å².